The number of nitrogens with one attached hydrogen (secondary N) is 1. The van der Waals surface area contributed by atoms with E-state index in [0.717, 1.165) is 46.0 Å². The summed E-state index contributed by atoms with van der Waals surface area (Å²) in [4.78, 5) is 2.37. The van der Waals surface area contributed by atoms with Crippen molar-refractivity contribution in [3.63, 3.8) is 0 Å². The minimum atomic E-state index is -0.0692. The molecule has 0 atom stereocenters. The second-order valence-electron chi connectivity index (χ2n) is 21.0. The molecule has 0 saturated heterocycles. The zero-order valence-corrected chi connectivity index (χ0v) is 39.6. The zero-order valence-electron chi connectivity index (χ0n) is 38.9. The van der Waals surface area contributed by atoms with Crippen LogP contribution in [0.2, 0.25) is 5.02 Å². The first-order valence-corrected chi connectivity index (χ1v) is 22.7. The minimum Gasteiger partial charge on any atom is -0.354 e. The molecule has 316 valence electrons. The van der Waals surface area contributed by atoms with Crippen molar-refractivity contribution in [2.45, 2.75) is 111 Å². The highest BCUT2D eigenvalue weighted by atomic mass is 35.5. The van der Waals surface area contributed by atoms with Gasteiger partial charge >= 0.3 is 0 Å². The van der Waals surface area contributed by atoms with Gasteiger partial charge in [-0.3, -0.25) is 0 Å². The Morgan fingerprint density at radius 3 is 1.50 bits per heavy atom. The van der Waals surface area contributed by atoms with E-state index in [0.29, 0.717) is 5.02 Å². The molecule has 0 aromatic heterocycles. The van der Waals surface area contributed by atoms with Crippen LogP contribution < -0.4 is 10.2 Å². The molecule has 8 rings (SSSR count). The average Bonchev–Trinajstić information content (AvgIpc) is 3.24. The normalized spacial score (nSPS) is 12.7. The van der Waals surface area contributed by atoms with Gasteiger partial charge in [-0.2, -0.15) is 0 Å². The predicted molar refractivity (Wildman–Crippen MR) is 273 cm³/mol. The summed E-state index contributed by atoms with van der Waals surface area (Å²) in [6.45, 7) is 27.5. The molecule has 0 fully saturated rings. The van der Waals surface area contributed by atoms with Crippen molar-refractivity contribution in [1.82, 2.24) is 0 Å². The summed E-state index contributed by atoms with van der Waals surface area (Å²) in [5.41, 5.74) is 12.3. The fourth-order valence-electron chi connectivity index (χ4n) is 8.69. The van der Waals surface area contributed by atoms with Crippen LogP contribution in [0.4, 0.5) is 28.4 Å². The molecule has 2 nitrogen and oxygen atoms in total. The van der Waals surface area contributed by atoms with Gasteiger partial charge in [0.15, 0.2) is 0 Å². The summed E-state index contributed by atoms with van der Waals surface area (Å²) < 4.78 is 0. The number of hydrogen-bond donors (Lipinski definition) is 1. The predicted octanol–water partition coefficient (Wildman–Crippen LogP) is 18.3. The van der Waals surface area contributed by atoms with Crippen molar-refractivity contribution in [3.8, 4) is 11.1 Å². The lowest BCUT2D eigenvalue weighted by atomic mass is 9.80. The molecule has 62 heavy (non-hydrogen) atoms. The Morgan fingerprint density at radius 2 is 0.968 bits per heavy atom. The number of halogens is 1. The van der Waals surface area contributed by atoms with Crippen LogP contribution in [-0.2, 0) is 21.7 Å². The summed E-state index contributed by atoms with van der Waals surface area (Å²) in [6.07, 6.45) is 1.05. The molecule has 0 spiro atoms. The van der Waals surface area contributed by atoms with Crippen LogP contribution in [0.1, 0.15) is 112 Å². The monoisotopic (exact) mass is 834 g/mol. The van der Waals surface area contributed by atoms with E-state index in [9.17, 15) is 0 Å². The van der Waals surface area contributed by atoms with Gasteiger partial charge in [0.1, 0.15) is 0 Å². The smallest absolute Gasteiger partial charge is 0.0881 e. The molecule has 0 bridgehead atoms. The van der Waals surface area contributed by atoms with Crippen LogP contribution in [-0.4, -0.2) is 0 Å². The van der Waals surface area contributed by atoms with Crippen LogP contribution in [0.3, 0.4) is 0 Å². The molecule has 0 aliphatic carbocycles. The SMILES string of the molecule is CCC(C)(C)c1ccc(N(c2ccc(C(C)(C)C)cc2-c2ccc3c4ccccc4c4ccccc4c3c2)c2cccc(Nc3cc(C(C)(C)C)cc(C(C)(C)C)c3)c2Cl)cc1. The summed E-state index contributed by atoms with van der Waals surface area (Å²) in [5.74, 6) is 0. The van der Waals surface area contributed by atoms with Gasteiger partial charge < -0.3 is 10.2 Å². The van der Waals surface area contributed by atoms with Gasteiger partial charge in [0.2, 0.25) is 0 Å². The molecule has 0 aliphatic heterocycles. The number of fused-ring (bicyclic) bond motifs is 6. The molecule has 0 heterocycles. The van der Waals surface area contributed by atoms with Gasteiger partial charge in [-0.25, -0.2) is 0 Å². The highest BCUT2D eigenvalue weighted by molar-refractivity contribution is 6.36. The Bertz CT molecular complexity index is 2880. The quantitative estimate of drug-likeness (QED) is 0.153. The topological polar surface area (TPSA) is 15.3 Å². The first kappa shape index (κ1) is 43.1. The van der Waals surface area contributed by atoms with E-state index in [1.165, 1.54) is 54.6 Å². The van der Waals surface area contributed by atoms with Gasteiger partial charge in [0.25, 0.3) is 0 Å². The maximum Gasteiger partial charge on any atom is 0.0881 e. The van der Waals surface area contributed by atoms with E-state index >= 15 is 0 Å². The van der Waals surface area contributed by atoms with Crippen molar-refractivity contribution in [1.29, 1.82) is 0 Å². The van der Waals surface area contributed by atoms with Crippen LogP contribution in [0, 0.1) is 0 Å². The standard InChI is InChI=1S/C59H63ClN2/c1-13-59(11,12)39-26-29-44(30-27-39)62(54-24-18-23-52(55(54)60)61-43-35-41(57(5,6)7)34-42(36-43)58(8,9)10)53-32-28-40(56(2,3)4)37-50(53)38-25-31-49-47-21-15-14-19-45(47)46-20-16-17-22-48(46)51(49)33-38/h14-37,61H,13H2,1-12H3. The summed E-state index contributed by atoms with van der Waals surface area (Å²) in [5, 5.41) is 12.0. The Morgan fingerprint density at radius 1 is 0.452 bits per heavy atom. The Hall–Kier alpha value is -5.57. The van der Waals surface area contributed by atoms with Crippen molar-refractivity contribution < 1.29 is 0 Å². The lowest BCUT2D eigenvalue weighted by molar-refractivity contribution is 0.506. The molecule has 0 radical (unpaired) electrons. The van der Waals surface area contributed by atoms with Gasteiger partial charge in [-0.1, -0.05) is 186 Å². The molecule has 8 aromatic rings. The van der Waals surface area contributed by atoms with E-state index in [2.05, 4.69) is 239 Å². The fourth-order valence-corrected chi connectivity index (χ4v) is 8.95. The maximum absolute atomic E-state index is 7.74. The molecule has 0 aliphatic rings. The van der Waals surface area contributed by atoms with E-state index in [1.807, 2.05) is 0 Å². The largest absolute Gasteiger partial charge is 0.354 e. The van der Waals surface area contributed by atoms with Crippen LogP contribution in [0.25, 0.3) is 43.4 Å². The summed E-state index contributed by atoms with van der Waals surface area (Å²) in [6, 6.07) is 54.1. The third kappa shape index (κ3) is 8.23. The van der Waals surface area contributed by atoms with E-state index < -0.39 is 0 Å². The molecule has 1 N–H and O–H groups in total. The highest BCUT2D eigenvalue weighted by Crippen LogP contribution is 2.48. The lowest BCUT2D eigenvalue weighted by Crippen LogP contribution is -2.17. The van der Waals surface area contributed by atoms with Crippen LogP contribution in [0.5, 0.6) is 0 Å². The third-order valence-electron chi connectivity index (χ3n) is 13.1. The van der Waals surface area contributed by atoms with Gasteiger partial charge in [0, 0.05) is 16.9 Å². The van der Waals surface area contributed by atoms with Crippen molar-refractivity contribution in [3.05, 3.63) is 173 Å². The number of rotatable bonds is 8. The third-order valence-corrected chi connectivity index (χ3v) is 13.5. The number of nitrogens with zero attached hydrogens (tertiary/aromatic N) is 1. The van der Waals surface area contributed by atoms with Gasteiger partial charge in [-0.05, 0) is 143 Å². The maximum atomic E-state index is 7.74. The average molecular weight is 836 g/mol. The Labute approximate surface area is 376 Å². The second-order valence-corrected chi connectivity index (χ2v) is 21.4. The number of benzene rings is 8. The first-order chi connectivity index (χ1) is 29.2. The number of hydrogen-bond acceptors (Lipinski definition) is 2. The minimum absolute atomic E-state index is 0.0175. The summed E-state index contributed by atoms with van der Waals surface area (Å²) in [7, 11) is 0. The highest BCUT2D eigenvalue weighted by Gasteiger charge is 2.26. The van der Waals surface area contributed by atoms with E-state index in [-0.39, 0.29) is 21.7 Å². The Balaban J connectivity index is 1.37. The fraction of sp³-hybridized carbons (Fsp3) is 0.288. The zero-order chi connectivity index (χ0) is 44.4. The molecule has 3 heteroatoms. The van der Waals surface area contributed by atoms with E-state index in [1.54, 1.807) is 0 Å². The summed E-state index contributed by atoms with van der Waals surface area (Å²) >= 11 is 7.74. The molecular formula is C59H63ClN2. The second kappa shape index (κ2) is 16.0. The van der Waals surface area contributed by atoms with Gasteiger partial charge in [-0.15, -0.1) is 0 Å². The van der Waals surface area contributed by atoms with Crippen LogP contribution in [0.15, 0.2) is 146 Å². The van der Waals surface area contributed by atoms with Crippen molar-refractivity contribution >= 4 is 72.4 Å². The van der Waals surface area contributed by atoms with Crippen molar-refractivity contribution in [2.75, 3.05) is 10.2 Å². The number of anilines is 5. The van der Waals surface area contributed by atoms with E-state index in [4.69, 9.17) is 11.6 Å². The van der Waals surface area contributed by atoms with Gasteiger partial charge in [0.05, 0.1) is 22.1 Å². The van der Waals surface area contributed by atoms with Crippen molar-refractivity contribution in [2.24, 2.45) is 0 Å². The first-order valence-electron chi connectivity index (χ1n) is 22.3. The lowest BCUT2D eigenvalue weighted by Gasteiger charge is -2.32. The molecular weight excluding hydrogens is 772 g/mol. The Kier molecular flexibility index (Phi) is 11.1. The molecule has 8 aromatic carbocycles. The van der Waals surface area contributed by atoms with Crippen LogP contribution >= 0.6 is 11.6 Å². The molecule has 0 amide bonds. The molecule has 0 saturated carbocycles. The molecule has 0 unspecified atom stereocenters.